The van der Waals surface area contributed by atoms with Crippen LogP contribution < -0.4 is 5.32 Å². The van der Waals surface area contributed by atoms with E-state index in [1.165, 1.54) is 19.2 Å². The van der Waals surface area contributed by atoms with Gasteiger partial charge in [0, 0.05) is 32.4 Å². The number of rotatable bonds is 3. The second-order valence-electron chi connectivity index (χ2n) is 5.82. The molecule has 1 unspecified atom stereocenters. The lowest BCUT2D eigenvalue weighted by atomic mass is 9.89. The number of aryl methyl sites for hydroxylation is 1. The van der Waals surface area contributed by atoms with E-state index < -0.39 is 10.0 Å². The van der Waals surface area contributed by atoms with E-state index in [4.69, 9.17) is 0 Å². The number of hydrogen-bond acceptors (Lipinski definition) is 4. The molecule has 2 aliphatic rings. The second kappa shape index (κ2) is 5.46. The highest BCUT2D eigenvalue weighted by Gasteiger charge is 2.34. The fourth-order valence-electron chi connectivity index (χ4n) is 3.29. The average molecular weight is 298 g/mol. The van der Waals surface area contributed by atoms with Gasteiger partial charge in [-0.25, -0.2) is 13.4 Å². The first kappa shape index (κ1) is 14.0. The van der Waals surface area contributed by atoms with E-state index >= 15 is 0 Å². The van der Waals surface area contributed by atoms with Crippen LogP contribution >= 0.6 is 0 Å². The number of sulfonamides is 1. The molecule has 2 fully saturated rings. The van der Waals surface area contributed by atoms with Gasteiger partial charge >= 0.3 is 0 Å². The van der Waals surface area contributed by atoms with E-state index in [2.05, 4.69) is 10.3 Å². The SMILES string of the molecule is Cn1cnc(S(=O)(=O)N2CCC(C3CCCN3)CC2)c1. The van der Waals surface area contributed by atoms with Crippen LogP contribution in [0.25, 0.3) is 0 Å². The van der Waals surface area contributed by atoms with Gasteiger partial charge in [0.15, 0.2) is 5.03 Å². The molecule has 0 aliphatic carbocycles. The van der Waals surface area contributed by atoms with Gasteiger partial charge < -0.3 is 9.88 Å². The van der Waals surface area contributed by atoms with Crippen LogP contribution in [0, 0.1) is 5.92 Å². The van der Waals surface area contributed by atoms with E-state index in [9.17, 15) is 8.42 Å². The van der Waals surface area contributed by atoms with Crippen molar-refractivity contribution in [1.29, 1.82) is 0 Å². The Morgan fingerprint density at radius 2 is 2.05 bits per heavy atom. The number of nitrogens with zero attached hydrogens (tertiary/aromatic N) is 3. The summed E-state index contributed by atoms with van der Waals surface area (Å²) in [5.74, 6) is 0.618. The maximum atomic E-state index is 12.5. The van der Waals surface area contributed by atoms with Gasteiger partial charge in [-0.2, -0.15) is 4.31 Å². The van der Waals surface area contributed by atoms with Crippen molar-refractivity contribution >= 4 is 10.0 Å². The van der Waals surface area contributed by atoms with Crippen LogP contribution in [-0.2, 0) is 17.1 Å². The summed E-state index contributed by atoms with van der Waals surface area (Å²) in [6, 6.07) is 0.592. The minimum atomic E-state index is -3.41. The molecule has 1 aromatic rings. The molecular weight excluding hydrogens is 276 g/mol. The average Bonchev–Trinajstić information content (AvgIpc) is 3.10. The summed E-state index contributed by atoms with van der Waals surface area (Å²) in [7, 11) is -1.63. The Morgan fingerprint density at radius 1 is 1.30 bits per heavy atom. The Morgan fingerprint density at radius 3 is 2.60 bits per heavy atom. The summed E-state index contributed by atoms with van der Waals surface area (Å²) >= 11 is 0. The summed E-state index contributed by atoms with van der Waals surface area (Å²) in [6.45, 7) is 2.33. The minimum absolute atomic E-state index is 0.164. The van der Waals surface area contributed by atoms with Crippen LogP contribution in [0.15, 0.2) is 17.6 Å². The maximum Gasteiger partial charge on any atom is 0.262 e. The van der Waals surface area contributed by atoms with E-state index in [-0.39, 0.29) is 5.03 Å². The molecule has 3 rings (SSSR count). The molecule has 0 aromatic carbocycles. The fourth-order valence-corrected chi connectivity index (χ4v) is 4.72. The third kappa shape index (κ3) is 2.62. The molecule has 2 saturated heterocycles. The monoisotopic (exact) mass is 298 g/mol. The van der Waals surface area contributed by atoms with Gasteiger partial charge in [0.05, 0.1) is 6.33 Å². The molecule has 0 saturated carbocycles. The van der Waals surface area contributed by atoms with Crippen LogP contribution in [0.3, 0.4) is 0 Å². The van der Waals surface area contributed by atoms with E-state index in [1.54, 1.807) is 22.1 Å². The zero-order valence-corrected chi connectivity index (χ0v) is 12.6. The number of imidazole rings is 1. The van der Waals surface area contributed by atoms with Crippen LogP contribution in [0.1, 0.15) is 25.7 Å². The predicted molar refractivity (Wildman–Crippen MR) is 75.7 cm³/mol. The van der Waals surface area contributed by atoms with Gasteiger partial charge in [-0.15, -0.1) is 0 Å². The summed E-state index contributed by atoms with van der Waals surface area (Å²) in [4.78, 5) is 3.98. The number of aromatic nitrogens is 2. The molecule has 2 aliphatic heterocycles. The van der Waals surface area contributed by atoms with Crippen LogP contribution in [-0.4, -0.2) is 48.0 Å². The molecule has 0 bridgehead atoms. The minimum Gasteiger partial charge on any atom is -0.339 e. The summed E-state index contributed by atoms with van der Waals surface area (Å²) in [5.41, 5.74) is 0. The Balaban J connectivity index is 1.65. The van der Waals surface area contributed by atoms with Crippen molar-refractivity contribution in [3.8, 4) is 0 Å². The molecule has 0 amide bonds. The van der Waals surface area contributed by atoms with Gasteiger partial charge in [-0.3, -0.25) is 0 Å². The molecule has 112 valence electrons. The van der Waals surface area contributed by atoms with Crippen LogP contribution in [0.4, 0.5) is 0 Å². The van der Waals surface area contributed by atoms with Crippen molar-refractivity contribution in [3.05, 3.63) is 12.5 Å². The van der Waals surface area contributed by atoms with Crippen molar-refractivity contribution in [2.75, 3.05) is 19.6 Å². The topological polar surface area (TPSA) is 67.2 Å². The lowest BCUT2D eigenvalue weighted by molar-refractivity contribution is 0.233. The quantitative estimate of drug-likeness (QED) is 0.886. The predicted octanol–water partition coefficient (Wildman–Crippen LogP) is 0.573. The van der Waals surface area contributed by atoms with E-state index in [0.29, 0.717) is 25.0 Å². The smallest absolute Gasteiger partial charge is 0.262 e. The highest BCUT2D eigenvalue weighted by Crippen LogP contribution is 2.28. The van der Waals surface area contributed by atoms with Crippen molar-refractivity contribution in [2.24, 2.45) is 13.0 Å². The molecular formula is C13H22N4O2S. The third-order valence-electron chi connectivity index (χ3n) is 4.45. The first-order valence-electron chi connectivity index (χ1n) is 7.29. The summed E-state index contributed by atoms with van der Waals surface area (Å²) in [5, 5.41) is 3.70. The van der Waals surface area contributed by atoms with Crippen molar-refractivity contribution < 1.29 is 8.42 Å². The van der Waals surface area contributed by atoms with E-state index in [1.807, 2.05) is 0 Å². The van der Waals surface area contributed by atoms with Gasteiger partial charge in [0.25, 0.3) is 10.0 Å². The van der Waals surface area contributed by atoms with Gasteiger partial charge in [-0.05, 0) is 38.1 Å². The number of piperidine rings is 1. The lowest BCUT2D eigenvalue weighted by Crippen LogP contribution is -2.43. The molecule has 1 atom stereocenters. The largest absolute Gasteiger partial charge is 0.339 e. The zero-order valence-electron chi connectivity index (χ0n) is 11.8. The molecule has 0 radical (unpaired) electrons. The Kier molecular flexibility index (Phi) is 3.83. The normalized spacial score (nSPS) is 26.1. The first-order chi connectivity index (χ1) is 9.57. The highest BCUT2D eigenvalue weighted by atomic mass is 32.2. The van der Waals surface area contributed by atoms with Crippen molar-refractivity contribution in [3.63, 3.8) is 0 Å². The Labute approximate surface area is 120 Å². The highest BCUT2D eigenvalue weighted by molar-refractivity contribution is 7.89. The molecule has 6 nitrogen and oxygen atoms in total. The summed E-state index contributed by atoms with van der Waals surface area (Å²) < 4.78 is 28.2. The lowest BCUT2D eigenvalue weighted by Gasteiger charge is -2.33. The zero-order chi connectivity index (χ0) is 14.2. The first-order valence-corrected chi connectivity index (χ1v) is 8.73. The maximum absolute atomic E-state index is 12.5. The standard InChI is InChI=1S/C13H22N4O2S/c1-16-9-13(15-10-16)20(18,19)17-7-4-11(5-8-17)12-3-2-6-14-12/h9-12,14H,2-8H2,1H3. The second-order valence-corrected chi connectivity index (χ2v) is 7.71. The van der Waals surface area contributed by atoms with Gasteiger partial charge in [-0.1, -0.05) is 0 Å². The molecule has 7 heteroatoms. The fraction of sp³-hybridized carbons (Fsp3) is 0.769. The van der Waals surface area contributed by atoms with Crippen LogP contribution in [0.5, 0.6) is 0 Å². The summed E-state index contributed by atoms with van der Waals surface area (Å²) in [6.07, 6.45) is 7.48. The van der Waals surface area contributed by atoms with Crippen LogP contribution in [0.2, 0.25) is 0 Å². The van der Waals surface area contributed by atoms with Gasteiger partial charge in [0.2, 0.25) is 0 Å². The van der Waals surface area contributed by atoms with Gasteiger partial charge in [0.1, 0.15) is 0 Å². The Bertz CT molecular complexity index is 555. The molecule has 1 N–H and O–H groups in total. The molecule has 3 heterocycles. The van der Waals surface area contributed by atoms with E-state index in [0.717, 1.165) is 19.4 Å². The number of hydrogen-bond donors (Lipinski definition) is 1. The Hall–Kier alpha value is -0.920. The third-order valence-corrected chi connectivity index (χ3v) is 6.24. The van der Waals surface area contributed by atoms with Crippen molar-refractivity contribution in [2.45, 2.75) is 36.8 Å². The molecule has 20 heavy (non-hydrogen) atoms. The molecule has 1 aromatic heterocycles. The number of nitrogens with one attached hydrogen (secondary N) is 1. The van der Waals surface area contributed by atoms with Crippen molar-refractivity contribution in [1.82, 2.24) is 19.2 Å². The molecule has 0 spiro atoms.